The summed E-state index contributed by atoms with van der Waals surface area (Å²) in [7, 11) is 0. The summed E-state index contributed by atoms with van der Waals surface area (Å²) in [5, 5.41) is 27.0. The maximum atomic E-state index is 12.4. The Labute approximate surface area is 219 Å². The van der Waals surface area contributed by atoms with Crippen LogP contribution in [-0.2, 0) is 20.8 Å². The minimum atomic E-state index is -1.08. The number of aliphatic hydroxyl groups excluding tert-OH is 1. The fourth-order valence-corrected chi connectivity index (χ4v) is 8.08. The largest absolute Gasteiger partial charge is 0.480 e. The minimum Gasteiger partial charge on any atom is -0.480 e. The molecule has 7 atom stereocenters. The Morgan fingerprint density at radius 2 is 1.86 bits per heavy atom. The average Bonchev–Trinajstić information content (AvgIpc) is 3.18. The summed E-state index contributed by atoms with van der Waals surface area (Å²) in [6, 6.07) is 8.21. The number of hydrogen-bond donors (Lipinski definition) is 3. The number of carboxylic acids is 1. The van der Waals surface area contributed by atoms with Gasteiger partial charge in [-0.15, -0.1) is 0 Å². The van der Waals surface area contributed by atoms with E-state index in [1.165, 1.54) is 18.4 Å². The molecule has 0 saturated heterocycles. The Bertz CT molecular complexity index is 1080. The summed E-state index contributed by atoms with van der Waals surface area (Å²) < 4.78 is 0. The van der Waals surface area contributed by atoms with E-state index < -0.39 is 17.9 Å². The van der Waals surface area contributed by atoms with Gasteiger partial charge in [0.2, 0.25) is 0 Å². The zero-order chi connectivity index (χ0) is 26.2. The first-order chi connectivity index (χ1) is 17.7. The van der Waals surface area contributed by atoms with Crippen LogP contribution in [0.3, 0.4) is 0 Å². The minimum absolute atomic E-state index is 0.0924. The molecule has 0 heterocycles. The standard InChI is InChI=1S/C30H40N2O5/c1-29-14-12-21(32-37-18-27(34)31-25(28(35)36)16-19-6-4-3-5-7-19)17-20(29)8-9-22-23-10-11-26(33)30(23,2)15-13-24(22)29/h3-7,17,22-26,33H,8-16,18H2,1-2H3,(H,31,34)(H,35,36)/b32-21-/t22-,23-,24-,25+,26+,29-,30-/m0/s1. The molecule has 3 N–H and O–H groups in total. The first kappa shape index (κ1) is 26.0. The van der Waals surface area contributed by atoms with Crippen LogP contribution in [0.1, 0.15) is 70.8 Å². The van der Waals surface area contributed by atoms with Crippen LogP contribution in [0.4, 0.5) is 0 Å². The summed E-state index contributed by atoms with van der Waals surface area (Å²) in [4.78, 5) is 29.4. The van der Waals surface area contributed by atoms with Gasteiger partial charge in [-0.3, -0.25) is 4.79 Å². The van der Waals surface area contributed by atoms with Gasteiger partial charge in [-0.1, -0.05) is 54.9 Å². The van der Waals surface area contributed by atoms with Gasteiger partial charge in [-0.25, -0.2) is 4.79 Å². The lowest BCUT2D eigenvalue weighted by Gasteiger charge is -2.57. The lowest BCUT2D eigenvalue weighted by Crippen LogP contribution is -2.51. The van der Waals surface area contributed by atoms with Gasteiger partial charge in [0.15, 0.2) is 6.61 Å². The van der Waals surface area contributed by atoms with Crippen molar-refractivity contribution in [1.82, 2.24) is 5.32 Å². The zero-order valence-electron chi connectivity index (χ0n) is 22.0. The van der Waals surface area contributed by atoms with Gasteiger partial charge in [0.05, 0.1) is 11.8 Å². The van der Waals surface area contributed by atoms with E-state index in [0.29, 0.717) is 17.8 Å². The summed E-state index contributed by atoms with van der Waals surface area (Å²) in [5.41, 5.74) is 3.40. The summed E-state index contributed by atoms with van der Waals surface area (Å²) in [6.07, 6.45) is 10.7. The van der Waals surface area contributed by atoms with Crippen LogP contribution >= 0.6 is 0 Å². The van der Waals surface area contributed by atoms with E-state index in [2.05, 4.69) is 30.4 Å². The number of carboxylic acid groups (broad SMARTS) is 1. The van der Waals surface area contributed by atoms with Crippen LogP contribution in [0.5, 0.6) is 0 Å². The van der Waals surface area contributed by atoms with Gasteiger partial charge in [-0.05, 0) is 91.6 Å². The number of carbonyl (C=O) groups excluding carboxylic acids is 1. The third kappa shape index (κ3) is 4.95. The molecule has 3 saturated carbocycles. The summed E-state index contributed by atoms with van der Waals surface area (Å²) >= 11 is 0. The Morgan fingerprint density at radius 1 is 1.08 bits per heavy atom. The smallest absolute Gasteiger partial charge is 0.326 e. The van der Waals surface area contributed by atoms with Crippen LogP contribution in [0.15, 0.2) is 47.1 Å². The second-order valence-electron chi connectivity index (χ2n) is 12.1. The van der Waals surface area contributed by atoms with Crippen LogP contribution in [0.25, 0.3) is 0 Å². The third-order valence-electron chi connectivity index (χ3n) is 10.2. The molecule has 4 aliphatic carbocycles. The molecule has 0 radical (unpaired) electrons. The molecule has 0 aromatic heterocycles. The van der Waals surface area contributed by atoms with Gasteiger partial charge >= 0.3 is 5.97 Å². The molecule has 1 aromatic rings. The van der Waals surface area contributed by atoms with Crippen LogP contribution in [-0.4, -0.2) is 46.6 Å². The highest BCUT2D eigenvalue weighted by Gasteiger charge is 2.58. The third-order valence-corrected chi connectivity index (χ3v) is 10.2. The topological polar surface area (TPSA) is 108 Å². The Hall–Kier alpha value is -2.67. The number of aliphatic carboxylic acids is 1. The van der Waals surface area contributed by atoms with Crippen molar-refractivity contribution in [3.05, 3.63) is 47.5 Å². The van der Waals surface area contributed by atoms with E-state index in [0.717, 1.165) is 49.8 Å². The van der Waals surface area contributed by atoms with Crippen molar-refractivity contribution in [1.29, 1.82) is 0 Å². The highest BCUT2D eigenvalue weighted by molar-refractivity contribution is 5.96. The maximum absolute atomic E-state index is 12.4. The van der Waals surface area contributed by atoms with Crippen LogP contribution in [0.2, 0.25) is 0 Å². The lowest BCUT2D eigenvalue weighted by atomic mass is 9.47. The average molecular weight is 509 g/mol. The second kappa shape index (κ2) is 10.2. The molecule has 0 bridgehead atoms. The van der Waals surface area contributed by atoms with Gasteiger partial charge < -0.3 is 20.4 Å². The predicted octanol–water partition coefficient (Wildman–Crippen LogP) is 4.49. The van der Waals surface area contributed by atoms with Crippen molar-refractivity contribution in [2.75, 3.05) is 6.61 Å². The number of allylic oxidation sites excluding steroid dienone is 2. The first-order valence-corrected chi connectivity index (χ1v) is 13.8. The normalized spacial score (nSPS) is 36.5. The van der Waals surface area contributed by atoms with E-state index in [1.807, 2.05) is 30.3 Å². The number of nitrogens with zero attached hydrogens (tertiary/aromatic N) is 1. The van der Waals surface area contributed by atoms with Crippen LogP contribution in [0, 0.1) is 28.6 Å². The number of amides is 1. The number of rotatable bonds is 7. The molecule has 37 heavy (non-hydrogen) atoms. The Kier molecular flexibility index (Phi) is 7.18. The quantitative estimate of drug-likeness (QED) is 0.470. The van der Waals surface area contributed by atoms with E-state index in [4.69, 9.17) is 4.84 Å². The molecule has 7 nitrogen and oxygen atoms in total. The number of nitrogens with one attached hydrogen (secondary N) is 1. The number of benzene rings is 1. The number of oxime groups is 1. The molecule has 0 spiro atoms. The number of fused-ring (bicyclic) bond motifs is 5. The van der Waals surface area contributed by atoms with Crippen molar-refractivity contribution in [3.63, 3.8) is 0 Å². The molecule has 5 rings (SSSR count). The highest BCUT2D eigenvalue weighted by atomic mass is 16.6. The molecule has 1 amide bonds. The molecule has 0 aliphatic heterocycles. The summed E-state index contributed by atoms with van der Waals surface area (Å²) in [6.45, 7) is 4.43. The van der Waals surface area contributed by atoms with Crippen molar-refractivity contribution < 1.29 is 24.6 Å². The molecule has 0 unspecified atom stereocenters. The maximum Gasteiger partial charge on any atom is 0.326 e. The van der Waals surface area contributed by atoms with E-state index in [9.17, 15) is 19.8 Å². The molecular weight excluding hydrogens is 468 g/mol. The van der Waals surface area contributed by atoms with Gasteiger partial charge in [0, 0.05) is 6.42 Å². The monoisotopic (exact) mass is 508 g/mol. The zero-order valence-corrected chi connectivity index (χ0v) is 22.0. The fourth-order valence-electron chi connectivity index (χ4n) is 8.08. The molecule has 1 aromatic carbocycles. The summed E-state index contributed by atoms with van der Waals surface area (Å²) in [5.74, 6) is 0.403. The van der Waals surface area contributed by atoms with E-state index >= 15 is 0 Å². The second-order valence-corrected chi connectivity index (χ2v) is 12.1. The highest BCUT2D eigenvalue weighted by Crippen LogP contribution is 2.65. The molecule has 7 heteroatoms. The van der Waals surface area contributed by atoms with Crippen LogP contribution < -0.4 is 5.32 Å². The van der Waals surface area contributed by atoms with Crippen molar-refractivity contribution in [3.8, 4) is 0 Å². The molecule has 3 fully saturated rings. The predicted molar refractivity (Wildman–Crippen MR) is 141 cm³/mol. The fraction of sp³-hybridized carbons (Fsp3) is 0.633. The molecule has 200 valence electrons. The van der Waals surface area contributed by atoms with Gasteiger partial charge in [-0.2, -0.15) is 0 Å². The van der Waals surface area contributed by atoms with Gasteiger partial charge in [0.25, 0.3) is 5.91 Å². The van der Waals surface area contributed by atoms with Gasteiger partial charge in [0.1, 0.15) is 6.04 Å². The first-order valence-electron chi connectivity index (χ1n) is 13.8. The number of hydrogen-bond acceptors (Lipinski definition) is 5. The molecule has 4 aliphatic rings. The number of aliphatic hydroxyl groups is 1. The Balaban J connectivity index is 1.18. The number of carbonyl (C=O) groups is 2. The SMILES string of the molecule is C[C@]12CC[C@H]3[C@@H](CCC4=C/C(=N\OCC(=O)N[C@H](Cc5ccccc5)C(=O)O)CC[C@@]43C)[C@@H]1CC[C@H]2O. The lowest BCUT2D eigenvalue weighted by molar-refractivity contribution is -0.142. The molecular formula is C30H40N2O5. The van der Waals surface area contributed by atoms with Crippen molar-refractivity contribution in [2.45, 2.75) is 83.8 Å². The van der Waals surface area contributed by atoms with Crippen molar-refractivity contribution in [2.24, 2.45) is 33.7 Å². The Morgan fingerprint density at radius 3 is 2.62 bits per heavy atom. The van der Waals surface area contributed by atoms with Crippen molar-refractivity contribution >= 4 is 17.6 Å². The van der Waals surface area contributed by atoms with E-state index in [-0.39, 0.29) is 30.0 Å². The van der Waals surface area contributed by atoms with E-state index in [1.54, 1.807) is 0 Å².